The normalized spacial score (nSPS) is 12.5. The Kier molecular flexibility index (Phi) is 4.97. The molecule has 4 heteroatoms. The third kappa shape index (κ3) is 4.07. The molecule has 4 nitrogen and oxygen atoms in total. The van der Waals surface area contributed by atoms with Gasteiger partial charge in [0.05, 0.1) is 0 Å². The summed E-state index contributed by atoms with van der Waals surface area (Å²) in [6.07, 6.45) is 0. The fourth-order valence-corrected chi connectivity index (χ4v) is 1.40. The van der Waals surface area contributed by atoms with E-state index in [0.29, 0.717) is 13.2 Å². The number of aliphatic carboxylic acids is 1. The van der Waals surface area contributed by atoms with Crippen LogP contribution in [0.5, 0.6) is 5.75 Å². The highest BCUT2D eigenvalue weighted by Crippen LogP contribution is 2.15. The Labute approximate surface area is 102 Å². The molecule has 94 valence electrons. The van der Waals surface area contributed by atoms with Crippen LogP contribution in [0.1, 0.15) is 12.5 Å². The molecule has 0 saturated carbocycles. The van der Waals surface area contributed by atoms with Gasteiger partial charge in [-0.05, 0) is 32.5 Å². The van der Waals surface area contributed by atoms with E-state index >= 15 is 0 Å². The lowest BCUT2D eigenvalue weighted by molar-refractivity contribution is -0.142. The van der Waals surface area contributed by atoms with Crippen molar-refractivity contribution in [2.75, 3.05) is 20.2 Å². The number of aryl methyl sites for hydroxylation is 1. The van der Waals surface area contributed by atoms with Gasteiger partial charge in [0.25, 0.3) is 0 Å². The number of likely N-dealkylation sites (N-methyl/N-ethyl adjacent to an activating group) is 1. The Morgan fingerprint density at radius 3 is 2.71 bits per heavy atom. The number of carbonyl (C=O) groups is 1. The van der Waals surface area contributed by atoms with Gasteiger partial charge in [-0.1, -0.05) is 18.2 Å². The summed E-state index contributed by atoms with van der Waals surface area (Å²) < 4.78 is 5.60. The highest BCUT2D eigenvalue weighted by molar-refractivity contribution is 5.72. The average Bonchev–Trinajstić information content (AvgIpc) is 2.30. The zero-order valence-corrected chi connectivity index (χ0v) is 10.5. The average molecular weight is 237 g/mol. The molecular weight excluding hydrogens is 218 g/mol. The highest BCUT2D eigenvalue weighted by atomic mass is 16.5. The second kappa shape index (κ2) is 6.25. The summed E-state index contributed by atoms with van der Waals surface area (Å²) in [5, 5.41) is 8.83. The van der Waals surface area contributed by atoms with Crippen LogP contribution in [-0.2, 0) is 4.79 Å². The first-order chi connectivity index (χ1) is 8.02. The molecule has 0 aliphatic carbocycles. The number of hydrogen-bond acceptors (Lipinski definition) is 3. The molecule has 0 bridgehead atoms. The Morgan fingerprint density at radius 1 is 1.47 bits per heavy atom. The van der Waals surface area contributed by atoms with Crippen molar-refractivity contribution in [1.29, 1.82) is 0 Å². The van der Waals surface area contributed by atoms with Gasteiger partial charge in [-0.25, -0.2) is 0 Å². The van der Waals surface area contributed by atoms with Crippen LogP contribution in [0.3, 0.4) is 0 Å². The maximum atomic E-state index is 10.7. The summed E-state index contributed by atoms with van der Waals surface area (Å²) in [6, 6.07) is 7.29. The van der Waals surface area contributed by atoms with E-state index in [9.17, 15) is 4.79 Å². The molecule has 0 fully saturated rings. The number of rotatable bonds is 6. The van der Waals surface area contributed by atoms with E-state index in [2.05, 4.69) is 0 Å². The van der Waals surface area contributed by atoms with Crippen LogP contribution in [-0.4, -0.2) is 42.2 Å². The van der Waals surface area contributed by atoms with Crippen molar-refractivity contribution in [2.45, 2.75) is 19.9 Å². The molecule has 0 amide bonds. The molecule has 0 spiro atoms. The van der Waals surface area contributed by atoms with Gasteiger partial charge in [0.1, 0.15) is 18.4 Å². The van der Waals surface area contributed by atoms with Crippen molar-refractivity contribution >= 4 is 5.97 Å². The Hall–Kier alpha value is -1.55. The smallest absolute Gasteiger partial charge is 0.320 e. The summed E-state index contributed by atoms with van der Waals surface area (Å²) in [5.74, 6) is 0.0345. The molecule has 0 aliphatic heterocycles. The predicted molar refractivity (Wildman–Crippen MR) is 66.4 cm³/mol. The molecule has 1 atom stereocenters. The van der Waals surface area contributed by atoms with E-state index in [0.717, 1.165) is 11.3 Å². The largest absolute Gasteiger partial charge is 0.492 e. The van der Waals surface area contributed by atoms with E-state index in [1.165, 1.54) is 0 Å². The van der Waals surface area contributed by atoms with Crippen molar-refractivity contribution < 1.29 is 14.6 Å². The second-order valence-corrected chi connectivity index (χ2v) is 4.11. The summed E-state index contributed by atoms with van der Waals surface area (Å²) in [7, 11) is 1.78. The lowest BCUT2D eigenvalue weighted by atomic mass is 10.2. The molecule has 0 aromatic heterocycles. The lowest BCUT2D eigenvalue weighted by Crippen LogP contribution is -2.38. The molecule has 1 N–H and O–H groups in total. The molecule has 1 aromatic rings. The molecular formula is C13H19NO3. The van der Waals surface area contributed by atoms with Gasteiger partial charge in [-0.3, -0.25) is 9.69 Å². The molecule has 1 aromatic carbocycles. The quantitative estimate of drug-likeness (QED) is 0.819. The molecule has 0 saturated heterocycles. The maximum absolute atomic E-state index is 10.7. The van der Waals surface area contributed by atoms with Gasteiger partial charge < -0.3 is 9.84 Å². The zero-order chi connectivity index (χ0) is 12.8. The fourth-order valence-electron chi connectivity index (χ4n) is 1.40. The molecule has 0 heterocycles. The number of para-hydroxylation sites is 1. The van der Waals surface area contributed by atoms with Crippen LogP contribution < -0.4 is 4.74 Å². The minimum Gasteiger partial charge on any atom is -0.492 e. The van der Waals surface area contributed by atoms with E-state index in [4.69, 9.17) is 9.84 Å². The molecule has 1 rings (SSSR count). The van der Waals surface area contributed by atoms with Crippen molar-refractivity contribution in [3.8, 4) is 5.75 Å². The van der Waals surface area contributed by atoms with Crippen LogP contribution in [0.25, 0.3) is 0 Å². The van der Waals surface area contributed by atoms with Crippen molar-refractivity contribution in [3.05, 3.63) is 29.8 Å². The SMILES string of the molecule is Cc1ccccc1OCCN(C)C(C)C(=O)O. The first-order valence-electron chi connectivity index (χ1n) is 5.64. The van der Waals surface area contributed by atoms with Crippen LogP contribution >= 0.6 is 0 Å². The monoisotopic (exact) mass is 237 g/mol. The minimum atomic E-state index is -0.816. The standard InChI is InChI=1S/C13H19NO3/c1-10-6-4-5-7-12(10)17-9-8-14(3)11(2)13(15)16/h4-7,11H,8-9H2,1-3H3,(H,15,16). The summed E-state index contributed by atoms with van der Waals surface area (Å²) in [5.41, 5.74) is 1.08. The van der Waals surface area contributed by atoms with Gasteiger partial charge in [0.2, 0.25) is 0 Å². The van der Waals surface area contributed by atoms with Gasteiger partial charge >= 0.3 is 5.97 Å². The first-order valence-corrected chi connectivity index (χ1v) is 5.64. The molecule has 1 unspecified atom stereocenters. The van der Waals surface area contributed by atoms with Gasteiger partial charge in [0, 0.05) is 6.54 Å². The van der Waals surface area contributed by atoms with Gasteiger partial charge in [-0.15, -0.1) is 0 Å². The summed E-state index contributed by atoms with van der Waals surface area (Å²) in [6.45, 7) is 4.72. The van der Waals surface area contributed by atoms with Gasteiger partial charge in [0.15, 0.2) is 0 Å². The number of ether oxygens (including phenoxy) is 1. The van der Waals surface area contributed by atoms with E-state index in [1.807, 2.05) is 31.2 Å². The highest BCUT2D eigenvalue weighted by Gasteiger charge is 2.16. The van der Waals surface area contributed by atoms with Gasteiger partial charge in [-0.2, -0.15) is 0 Å². The summed E-state index contributed by atoms with van der Waals surface area (Å²) >= 11 is 0. The third-order valence-electron chi connectivity index (χ3n) is 2.81. The van der Waals surface area contributed by atoms with E-state index in [-0.39, 0.29) is 0 Å². The topological polar surface area (TPSA) is 49.8 Å². The Morgan fingerprint density at radius 2 is 2.12 bits per heavy atom. The Bertz CT molecular complexity index is 379. The third-order valence-corrected chi connectivity index (χ3v) is 2.81. The summed E-state index contributed by atoms with van der Waals surface area (Å²) in [4.78, 5) is 12.5. The van der Waals surface area contributed by atoms with Crippen LogP contribution in [0.2, 0.25) is 0 Å². The first kappa shape index (κ1) is 13.5. The van der Waals surface area contributed by atoms with E-state index < -0.39 is 12.0 Å². The zero-order valence-electron chi connectivity index (χ0n) is 10.5. The Balaban J connectivity index is 2.38. The molecule has 17 heavy (non-hydrogen) atoms. The molecule has 0 aliphatic rings. The maximum Gasteiger partial charge on any atom is 0.320 e. The molecule has 0 radical (unpaired) electrons. The second-order valence-electron chi connectivity index (χ2n) is 4.11. The number of benzene rings is 1. The number of hydrogen-bond donors (Lipinski definition) is 1. The minimum absolute atomic E-state index is 0.485. The van der Waals surface area contributed by atoms with Crippen molar-refractivity contribution in [3.63, 3.8) is 0 Å². The predicted octanol–water partition coefficient (Wildman–Crippen LogP) is 1.78. The van der Waals surface area contributed by atoms with Crippen molar-refractivity contribution in [2.24, 2.45) is 0 Å². The number of carboxylic acid groups (broad SMARTS) is 1. The van der Waals surface area contributed by atoms with Crippen LogP contribution in [0.4, 0.5) is 0 Å². The number of nitrogens with zero attached hydrogens (tertiary/aromatic N) is 1. The fraction of sp³-hybridized carbons (Fsp3) is 0.462. The van der Waals surface area contributed by atoms with Crippen LogP contribution in [0.15, 0.2) is 24.3 Å². The van der Waals surface area contributed by atoms with E-state index in [1.54, 1.807) is 18.9 Å². The number of carboxylic acids is 1. The lowest BCUT2D eigenvalue weighted by Gasteiger charge is -2.21. The van der Waals surface area contributed by atoms with Crippen LogP contribution in [0, 0.1) is 6.92 Å². The van der Waals surface area contributed by atoms with Crippen molar-refractivity contribution in [1.82, 2.24) is 4.90 Å².